The summed E-state index contributed by atoms with van der Waals surface area (Å²) in [5.74, 6) is -0.277. The monoisotopic (exact) mass is 243 g/mol. The van der Waals surface area contributed by atoms with Crippen LogP contribution in [0.3, 0.4) is 0 Å². The summed E-state index contributed by atoms with van der Waals surface area (Å²) in [6, 6.07) is 1.28. The number of nitro groups is 1. The maximum absolute atomic E-state index is 11.5. The van der Waals surface area contributed by atoms with Crippen molar-refractivity contribution in [3.05, 3.63) is 27.1 Å². The van der Waals surface area contributed by atoms with Crippen LogP contribution < -0.4 is 11.1 Å². The van der Waals surface area contributed by atoms with Crippen LogP contribution in [-0.4, -0.2) is 23.9 Å². The van der Waals surface area contributed by atoms with Gasteiger partial charge in [-0.25, -0.2) is 0 Å². The lowest BCUT2D eigenvalue weighted by Crippen LogP contribution is -2.24. The minimum absolute atomic E-state index is 0.0212. The van der Waals surface area contributed by atoms with Gasteiger partial charge in [0.25, 0.3) is 5.91 Å². The number of carbonyl (C=O) groups excluding carboxylic acids is 1. The number of nitrogens with zero attached hydrogens (tertiary/aromatic N) is 1. The van der Waals surface area contributed by atoms with Crippen molar-refractivity contribution < 1.29 is 9.72 Å². The molecule has 6 nitrogen and oxygen atoms in total. The minimum Gasteiger partial charge on any atom is -0.352 e. The van der Waals surface area contributed by atoms with Gasteiger partial charge in [-0.1, -0.05) is 11.3 Å². The van der Waals surface area contributed by atoms with Gasteiger partial charge in [0.1, 0.15) is 0 Å². The van der Waals surface area contributed by atoms with Crippen molar-refractivity contribution in [3.63, 3.8) is 0 Å². The smallest absolute Gasteiger partial charge is 0.324 e. The van der Waals surface area contributed by atoms with Gasteiger partial charge in [-0.3, -0.25) is 14.9 Å². The lowest BCUT2D eigenvalue weighted by atomic mass is 10.3. The summed E-state index contributed by atoms with van der Waals surface area (Å²) < 4.78 is 0. The first-order valence-electron chi connectivity index (χ1n) is 4.86. The first-order valence-corrected chi connectivity index (χ1v) is 5.74. The third-order valence-corrected chi connectivity index (χ3v) is 2.82. The first-order chi connectivity index (χ1) is 7.65. The average Bonchev–Trinajstić information content (AvgIpc) is 2.73. The lowest BCUT2D eigenvalue weighted by Gasteiger charge is -2.01. The number of hydrogen-bond donors (Lipinski definition) is 2. The lowest BCUT2D eigenvalue weighted by molar-refractivity contribution is -0.380. The highest BCUT2D eigenvalue weighted by Crippen LogP contribution is 2.22. The molecule has 0 unspecified atom stereocenters. The van der Waals surface area contributed by atoms with Crippen LogP contribution in [0, 0.1) is 10.1 Å². The number of nitrogens with two attached hydrogens (primary N) is 1. The van der Waals surface area contributed by atoms with E-state index in [1.807, 2.05) is 0 Å². The molecule has 1 amide bonds. The van der Waals surface area contributed by atoms with Crippen LogP contribution in [0.15, 0.2) is 11.4 Å². The van der Waals surface area contributed by atoms with E-state index in [1.165, 1.54) is 11.4 Å². The van der Waals surface area contributed by atoms with Crippen LogP contribution in [0.25, 0.3) is 0 Å². The Hall–Kier alpha value is -1.47. The number of hydrogen-bond acceptors (Lipinski definition) is 5. The second-order valence-electron chi connectivity index (χ2n) is 3.18. The SMILES string of the molecule is NCCCCNC(=O)c1csc([N+](=O)[O-])c1. The molecule has 1 aromatic rings. The average molecular weight is 243 g/mol. The molecule has 0 fully saturated rings. The van der Waals surface area contributed by atoms with Crippen LogP contribution in [0.2, 0.25) is 0 Å². The highest BCUT2D eigenvalue weighted by atomic mass is 32.1. The van der Waals surface area contributed by atoms with Gasteiger partial charge < -0.3 is 11.1 Å². The Morgan fingerprint density at radius 3 is 2.88 bits per heavy atom. The van der Waals surface area contributed by atoms with Crippen LogP contribution in [0.1, 0.15) is 23.2 Å². The van der Waals surface area contributed by atoms with Gasteiger partial charge in [0.05, 0.1) is 10.5 Å². The number of carbonyl (C=O) groups is 1. The van der Waals surface area contributed by atoms with Gasteiger partial charge in [-0.2, -0.15) is 0 Å². The number of unbranched alkanes of at least 4 members (excludes halogenated alkanes) is 1. The summed E-state index contributed by atoms with van der Waals surface area (Å²) in [5.41, 5.74) is 5.64. The van der Waals surface area contributed by atoms with Gasteiger partial charge in [-0.05, 0) is 19.4 Å². The Morgan fingerprint density at radius 2 is 2.31 bits per heavy atom. The van der Waals surface area contributed by atoms with Gasteiger partial charge in [0, 0.05) is 18.0 Å². The number of rotatable bonds is 6. The van der Waals surface area contributed by atoms with Crippen molar-refractivity contribution in [2.24, 2.45) is 5.73 Å². The predicted molar refractivity (Wildman–Crippen MR) is 61.6 cm³/mol. The molecule has 1 aromatic heterocycles. The van der Waals surface area contributed by atoms with E-state index in [2.05, 4.69) is 5.32 Å². The first kappa shape index (κ1) is 12.6. The third kappa shape index (κ3) is 3.59. The molecule has 7 heteroatoms. The molecule has 0 radical (unpaired) electrons. The van der Waals surface area contributed by atoms with Crippen molar-refractivity contribution in [3.8, 4) is 0 Å². The van der Waals surface area contributed by atoms with Crippen molar-refractivity contribution in [2.75, 3.05) is 13.1 Å². The van der Waals surface area contributed by atoms with E-state index in [4.69, 9.17) is 5.73 Å². The Labute approximate surface area is 96.6 Å². The summed E-state index contributed by atoms with van der Waals surface area (Å²) in [6.07, 6.45) is 1.67. The number of nitrogens with one attached hydrogen (secondary N) is 1. The molecular weight excluding hydrogens is 230 g/mol. The molecule has 16 heavy (non-hydrogen) atoms. The molecule has 0 spiro atoms. The molecule has 1 heterocycles. The number of thiophene rings is 1. The summed E-state index contributed by atoms with van der Waals surface area (Å²) in [5, 5.41) is 14.5. The molecule has 0 saturated heterocycles. The Balaban J connectivity index is 2.43. The van der Waals surface area contributed by atoms with Crippen molar-refractivity contribution >= 4 is 22.2 Å². The van der Waals surface area contributed by atoms with E-state index in [9.17, 15) is 14.9 Å². The topological polar surface area (TPSA) is 98.3 Å². The summed E-state index contributed by atoms with van der Waals surface area (Å²) in [7, 11) is 0. The predicted octanol–water partition coefficient (Wildman–Crippen LogP) is 1.13. The zero-order valence-corrected chi connectivity index (χ0v) is 9.46. The van der Waals surface area contributed by atoms with Crippen molar-refractivity contribution in [1.29, 1.82) is 0 Å². The van der Waals surface area contributed by atoms with E-state index < -0.39 is 4.92 Å². The van der Waals surface area contributed by atoms with Gasteiger partial charge in [-0.15, -0.1) is 0 Å². The highest BCUT2D eigenvalue weighted by molar-refractivity contribution is 7.13. The van der Waals surface area contributed by atoms with Crippen LogP contribution >= 0.6 is 11.3 Å². The second-order valence-corrected chi connectivity index (χ2v) is 4.07. The van der Waals surface area contributed by atoms with E-state index in [-0.39, 0.29) is 10.9 Å². The van der Waals surface area contributed by atoms with E-state index in [0.29, 0.717) is 18.7 Å². The van der Waals surface area contributed by atoms with E-state index in [0.717, 1.165) is 24.2 Å². The van der Waals surface area contributed by atoms with Gasteiger partial charge in [0.15, 0.2) is 0 Å². The highest BCUT2D eigenvalue weighted by Gasteiger charge is 2.14. The second kappa shape index (κ2) is 6.19. The third-order valence-electron chi connectivity index (χ3n) is 1.94. The Kier molecular flexibility index (Phi) is 4.87. The minimum atomic E-state index is -0.504. The van der Waals surface area contributed by atoms with E-state index in [1.54, 1.807) is 0 Å². The summed E-state index contributed by atoms with van der Waals surface area (Å²) in [6.45, 7) is 1.14. The maximum atomic E-state index is 11.5. The zero-order chi connectivity index (χ0) is 12.0. The molecular formula is C9H13N3O3S. The van der Waals surface area contributed by atoms with E-state index >= 15 is 0 Å². The Morgan fingerprint density at radius 1 is 1.56 bits per heavy atom. The fourth-order valence-corrected chi connectivity index (χ4v) is 1.82. The van der Waals surface area contributed by atoms with Gasteiger partial charge in [0.2, 0.25) is 0 Å². The normalized spacial score (nSPS) is 10.1. The van der Waals surface area contributed by atoms with Crippen molar-refractivity contribution in [2.45, 2.75) is 12.8 Å². The summed E-state index contributed by atoms with van der Waals surface area (Å²) >= 11 is 0.950. The van der Waals surface area contributed by atoms with Gasteiger partial charge >= 0.3 is 5.00 Å². The van der Waals surface area contributed by atoms with Crippen LogP contribution in [-0.2, 0) is 0 Å². The molecule has 88 valence electrons. The molecule has 0 aliphatic heterocycles. The zero-order valence-electron chi connectivity index (χ0n) is 8.64. The molecule has 0 atom stereocenters. The van der Waals surface area contributed by atoms with Crippen LogP contribution in [0.4, 0.5) is 5.00 Å². The molecule has 3 N–H and O–H groups in total. The molecule has 0 aliphatic rings. The standard InChI is InChI=1S/C9H13N3O3S/c10-3-1-2-4-11-9(13)7-5-8(12(14)15)16-6-7/h5-6H,1-4,10H2,(H,11,13). The molecule has 0 aliphatic carbocycles. The largest absolute Gasteiger partial charge is 0.352 e. The Bertz CT molecular complexity index is 378. The molecule has 0 aromatic carbocycles. The summed E-state index contributed by atoms with van der Waals surface area (Å²) in [4.78, 5) is 21.4. The van der Waals surface area contributed by atoms with Crippen molar-refractivity contribution in [1.82, 2.24) is 5.32 Å². The van der Waals surface area contributed by atoms with Crippen LogP contribution in [0.5, 0.6) is 0 Å². The molecule has 1 rings (SSSR count). The molecule has 0 saturated carbocycles. The number of amides is 1. The quantitative estimate of drug-likeness (QED) is 0.444. The fourth-order valence-electron chi connectivity index (χ4n) is 1.11. The molecule has 0 bridgehead atoms. The fraction of sp³-hybridized carbons (Fsp3) is 0.444. The maximum Gasteiger partial charge on any atom is 0.324 e.